The first-order chi connectivity index (χ1) is 13.5. The maximum absolute atomic E-state index is 13.4. The minimum absolute atomic E-state index is 0.329. The van der Waals surface area contributed by atoms with Crippen molar-refractivity contribution in [2.75, 3.05) is 31.6 Å². The third kappa shape index (κ3) is 4.99. The topological polar surface area (TPSA) is 65.7 Å². The van der Waals surface area contributed by atoms with Gasteiger partial charge in [-0.3, -0.25) is 4.99 Å². The normalized spacial score (nSPS) is 17.4. The summed E-state index contributed by atoms with van der Waals surface area (Å²) in [5.74, 6) is 0.546. The Balaban J connectivity index is 1.45. The second kappa shape index (κ2) is 9.03. The van der Waals surface area contributed by atoms with E-state index in [0.29, 0.717) is 24.3 Å². The molecule has 1 atom stereocenters. The number of nitrogens with zero attached hydrogens (tertiary/aromatic N) is 3. The number of anilines is 1. The molecule has 1 unspecified atom stereocenters. The van der Waals surface area contributed by atoms with Crippen LogP contribution in [0, 0.1) is 17.6 Å². The highest BCUT2D eigenvalue weighted by atomic mass is 19.2. The van der Waals surface area contributed by atoms with Gasteiger partial charge in [0.1, 0.15) is 0 Å². The van der Waals surface area contributed by atoms with Crippen molar-refractivity contribution in [2.24, 2.45) is 10.9 Å². The van der Waals surface area contributed by atoms with E-state index in [1.807, 2.05) is 6.07 Å². The van der Waals surface area contributed by atoms with Gasteiger partial charge in [-0.2, -0.15) is 0 Å². The predicted octanol–water partition coefficient (Wildman–Crippen LogP) is 3.27. The Hall–Kier alpha value is -2.64. The molecule has 8 heteroatoms. The van der Waals surface area contributed by atoms with Gasteiger partial charge in [-0.05, 0) is 30.4 Å². The Morgan fingerprint density at radius 2 is 2.11 bits per heavy atom. The molecule has 0 spiro atoms. The lowest BCUT2D eigenvalue weighted by Crippen LogP contribution is -2.39. The third-order valence-corrected chi connectivity index (χ3v) is 4.93. The molecule has 0 aliphatic carbocycles. The van der Waals surface area contributed by atoms with Gasteiger partial charge >= 0.3 is 0 Å². The Labute approximate surface area is 164 Å². The van der Waals surface area contributed by atoms with Crippen LogP contribution in [-0.2, 0) is 6.54 Å². The van der Waals surface area contributed by atoms with Gasteiger partial charge in [0.2, 0.25) is 0 Å². The van der Waals surface area contributed by atoms with Crippen LogP contribution in [0.3, 0.4) is 0 Å². The number of hydrogen-bond acceptors (Lipinski definition) is 4. The Morgan fingerprint density at radius 3 is 2.79 bits per heavy atom. The van der Waals surface area contributed by atoms with E-state index >= 15 is 0 Å². The van der Waals surface area contributed by atoms with Gasteiger partial charge in [-0.15, -0.1) is 0 Å². The molecule has 2 heterocycles. The third-order valence-electron chi connectivity index (χ3n) is 4.93. The zero-order chi connectivity index (χ0) is 20.1. The van der Waals surface area contributed by atoms with Gasteiger partial charge < -0.3 is 20.1 Å². The molecule has 3 rings (SSSR count). The smallest absolute Gasteiger partial charge is 0.191 e. The maximum Gasteiger partial charge on any atom is 0.191 e. The minimum atomic E-state index is -0.816. The highest BCUT2D eigenvalue weighted by Crippen LogP contribution is 2.25. The molecular weight excluding hydrogens is 364 g/mol. The van der Waals surface area contributed by atoms with E-state index in [1.165, 1.54) is 12.1 Å². The van der Waals surface area contributed by atoms with Gasteiger partial charge in [-0.25, -0.2) is 8.78 Å². The van der Waals surface area contributed by atoms with Crippen molar-refractivity contribution in [2.45, 2.75) is 32.7 Å². The van der Waals surface area contributed by atoms with Crippen molar-refractivity contribution in [3.8, 4) is 0 Å². The fourth-order valence-corrected chi connectivity index (χ4v) is 3.23. The van der Waals surface area contributed by atoms with Gasteiger partial charge in [0.15, 0.2) is 23.4 Å². The molecule has 6 nitrogen and oxygen atoms in total. The second-order valence-electron chi connectivity index (χ2n) is 7.38. The fraction of sp³-hybridized carbons (Fsp3) is 0.500. The lowest BCUT2D eigenvalue weighted by Gasteiger charge is -2.19. The SMILES string of the molecule is CN=C(NCc1cc(C(C)C)no1)NCC1CCN(c2ccc(F)c(F)c2)C1. The van der Waals surface area contributed by atoms with E-state index in [0.717, 1.165) is 43.2 Å². The van der Waals surface area contributed by atoms with Gasteiger partial charge in [0, 0.05) is 44.5 Å². The van der Waals surface area contributed by atoms with Crippen molar-refractivity contribution in [1.29, 1.82) is 0 Å². The molecule has 1 fully saturated rings. The molecule has 0 bridgehead atoms. The molecule has 2 aromatic rings. The summed E-state index contributed by atoms with van der Waals surface area (Å²) in [6.07, 6.45) is 0.975. The summed E-state index contributed by atoms with van der Waals surface area (Å²) in [6, 6.07) is 6.00. The van der Waals surface area contributed by atoms with Gasteiger partial charge in [0.05, 0.1) is 12.2 Å². The summed E-state index contributed by atoms with van der Waals surface area (Å²) in [6.45, 7) is 6.99. The summed E-state index contributed by atoms with van der Waals surface area (Å²) in [5, 5.41) is 10.6. The van der Waals surface area contributed by atoms with Gasteiger partial charge in [0.25, 0.3) is 0 Å². The van der Waals surface area contributed by atoms with Crippen LogP contribution in [0.1, 0.15) is 37.6 Å². The zero-order valence-corrected chi connectivity index (χ0v) is 16.5. The fourth-order valence-electron chi connectivity index (χ4n) is 3.23. The summed E-state index contributed by atoms with van der Waals surface area (Å²) >= 11 is 0. The first kappa shape index (κ1) is 20.1. The lowest BCUT2D eigenvalue weighted by atomic mass is 10.1. The van der Waals surface area contributed by atoms with E-state index in [4.69, 9.17) is 4.52 Å². The average molecular weight is 391 g/mol. The van der Waals surface area contributed by atoms with E-state index in [-0.39, 0.29) is 0 Å². The Bertz CT molecular complexity index is 821. The van der Waals surface area contributed by atoms with Crippen LogP contribution in [0.5, 0.6) is 0 Å². The minimum Gasteiger partial charge on any atom is -0.371 e. The van der Waals surface area contributed by atoms with Crippen molar-refractivity contribution < 1.29 is 13.3 Å². The summed E-state index contributed by atoms with van der Waals surface area (Å²) in [4.78, 5) is 6.31. The van der Waals surface area contributed by atoms with Crippen LogP contribution in [0.25, 0.3) is 0 Å². The van der Waals surface area contributed by atoms with Gasteiger partial charge in [-0.1, -0.05) is 19.0 Å². The van der Waals surface area contributed by atoms with Crippen molar-refractivity contribution in [3.63, 3.8) is 0 Å². The molecule has 1 aliphatic heterocycles. The number of aliphatic imine (C=N–C) groups is 1. The van der Waals surface area contributed by atoms with Crippen LogP contribution in [0.2, 0.25) is 0 Å². The summed E-state index contributed by atoms with van der Waals surface area (Å²) in [7, 11) is 1.72. The summed E-state index contributed by atoms with van der Waals surface area (Å²) in [5.41, 5.74) is 1.65. The molecule has 152 valence electrons. The molecule has 28 heavy (non-hydrogen) atoms. The standard InChI is InChI=1S/C20H27F2N5O/c1-13(2)19-9-16(28-26-19)11-25-20(23-3)24-10-14-6-7-27(12-14)15-4-5-17(21)18(22)8-15/h4-5,8-9,13-14H,6-7,10-12H2,1-3H3,(H2,23,24,25). The average Bonchev–Trinajstić information content (AvgIpc) is 3.34. The molecule has 0 amide bonds. The predicted molar refractivity (Wildman–Crippen MR) is 105 cm³/mol. The van der Waals surface area contributed by atoms with Crippen molar-refractivity contribution in [1.82, 2.24) is 15.8 Å². The number of guanidine groups is 1. The molecule has 1 aromatic heterocycles. The lowest BCUT2D eigenvalue weighted by molar-refractivity contribution is 0.371. The van der Waals surface area contributed by atoms with E-state index < -0.39 is 11.6 Å². The molecule has 1 aromatic carbocycles. The number of aromatic nitrogens is 1. The number of halogens is 2. The molecular formula is C20H27F2N5O. The zero-order valence-electron chi connectivity index (χ0n) is 16.5. The monoisotopic (exact) mass is 391 g/mol. The van der Waals surface area contributed by atoms with Crippen LogP contribution >= 0.6 is 0 Å². The Morgan fingerprint density at radius 1 is 1.29 bits per heavy atom. The van der Waals surface area contributed by atoms with E-state index in [2.05, 4.69) is 39.5 Å². The first-order valence-electron chi connectivity index (χ1n) is 9.56. The highest BCUT2D eigenvalue weighted by molar-refractivity contribution is 5.79. The van der Waals surface area contributed by atoms with E-state index in [9.17, 15) is 8.78 Å². The molecule has 0 radical (unpaired) electrons. The van der Waals surface area contributed by atoms with Crippen LogP contribution < -0.4 is 15.5 Å². The van der Waals surface area contributed by atoms with Crippen molar-refractivity contribution >= 4 is 11.6 Å². The summed E-state index contributed by atoms with van der Waals surface area (Å²) < 4.78 is 31.9. The molecule has 2 N–H and O–H groups in total. The number of benzene rings is 1. The van der Waals surface area contributed by atoms with E-state index in [1.54, 1.807) is 13.1 Å². The molecule has 1 aliphatic rings. The highest BCUT2D eigenvalue weighted by Gasteiger charge is 2.23. The number of nitrogens with one attached hydrogen (secondary N) is 2. The first-order valence-corrected chi connectivity index (χ1v) is 9.56. The van der Waals surface area contributed by atoms with Crippen LogP contribution in [-0.4, -0.2) is 37.8 Å². The molecule has 0 saturated carbocycles. The van der Waals surface area contributed by atoms with Crippen molar-refractivity contribution in [3.05, 3.63) is 47.4 Å². The quantitative estimate of drug-likeness (QED) is 0.585. The largest absolute Gasteiger partial charge is 0.371 e. The maximum atomic E-state index is 13.4. The second-order valence-corrected chi connectivity index (χ2v) is 7.38. The number of hydrogen-bond donors (Lipinski definition) is 2. The van der Waals surface area contributed by atoms with Crippen LogP contribution in [0.4, 0.5) is 14.5 Å². The molecule has 1 saturated heterocycles. The van der Waals surface area contributed by atoms with Crippen LogP contribution in [0.15, 0.2) is 33.8 Å². The Kier molecular flexibility index (Phi) is 6.49. The number of rotatable bonds is 6.